The molecule has 0 aromatic rings. The Hall–Kier alpha value is -0.153. The first-order valence-electron chi connectivity index (χ1n) is 9.45. The highest BCUT2D eigenvalue weighted by Gasteiger charge is 2.46. The second-order valence-corrected chi connectivity index (χ2v) is 13.1. The third kappa shape index (κ3) is 6.53. The molecule has 0 bridgehead atoms. The Morgan fingerprint density at radius 3 is 1.68 bits per heavy atom. The molecule has 0 saturated heterocycles. The molecule has 2 nitrogen and oxygen atoms in total. The molecule has 0 fully saturated rings. The molecule has 132 valence electrons. The molecule has 0 radical (unpaired) electrons. The van der Waals surface area contributed by atoms with Crippen LogP contribution in [0.4, 0.5) is 0 Å². The molecule has 22 heavy (non-hydrogen) atoms. The Morgan fingerprint density at radius 2 is 1.27 bits per heavy atom. The summed E-state index contributed by atoms with van der Waals surface area (Å²) in [4.78, 5) is 11.5. The van der Waals surface area contributed by atoms with E-state index >= 15 is 0 Å². The summed E-state index contributed by atoms with van der Waals surface area (Å²) < 4.78 is 6.57. The van der Waals surface area contributed by atoms with Crippen LogP contribution in [0.1, 0.15) is 93.4 Å². The van der Waals surface area contributed by atoms with Gasteiger partial charge in [0.25, 0.3) is 0 Å². The zero-order valence-electron chi connectivity index (χ0n) is 16.2. The smallest absolute Gasteiger partial charge is 0.201 e. The van der Waals surface area contributed by atoms with Gasteiger partial charge in [-0.3, -0.25) is 0 Å². The number of aldehydes is 1. The van der Waals surface area contributed by atoms with Gasteiger partial charge < -0.3 is 9.22 Å². The highest BCUT2D eigenvalue weighted by Crippen LogP contribution is 2.43. The number of hydrogen-bond acceptors (Lipinski definition) is 2. The molecule has 0 heterocycles. The molecule has 0 spiro atoms. The van der Waals surface area contributed by atoms with E-state index in [4.69, 9.17) is 4.43 Å². The van der Waals surface area contributed by atoms with Crippen LogP contribution in [0.2, 0.25) is 16.6 Å². The predicted molar refractivity (Wildman–Crippen MR) is 100.0 cm³/mol. The molecule has 0 aliphatic rings. The summed E-state index contributed by atoms with van der Waals surface area (Å²) in [6.45, 7) is 15.9. The Kier molecular flexibility index (Phi) is 11.3. The number of carbonyl (C=O) groups excluding carboxylic acids is 1. The molecule has 0 saturated carbocycles. The van der Waals surface area contributed by atoms with Gasteiger partial charge in [0, 0.05) is 0 Å². The van der Waals surface area contributed by atoms with Crippen LogP contribution in [0.25, 0.3) is 0 Å². The van der Waals surface area contributed by atoms with Crippen molar-refractivity contribution in [2.75, 3.05) is 0 Å². The molecule has 0 rings (SSSR count). The molecule has 0 aliphatic carbocycles. The van der Waals surface area contributed by atoms with Crippen molar-refractivity contribution in [2.45, 2.75) is 116 Å². The minimum absolute atomic E-state index is 0.190. The Balaban J connectivity index is 4.56. The van der Waals surface area contributed by atoms with Crippen molar-refractivity contribution >= 4 is 14.6 Å². The fraction of sp³-hybridized carbons (Fsp3) is 0.947. The Morgan fingerprint density at radius 1 is 0.818 bits per heavy atom. The second-order valence-electron chi connectivity index (χ2n) is 7.67. The number of rotatable bonds is 13. The van der Waals surface area contributed by atoms with Gasteiger partial charge in [0.15, 0.2) is 0 Å². The average molecular weight is 329 g/mol. The standard InChI is InChI=1S/C19H40O2Si/c1-8-9-10-11-12-13-14-19(15-20)21-22(16(2)3,17(4)5)18(6)7/h15-19H,8-14H2,1-7H3/t19-/m0/s1. The van der Waals surface area contributed by atoms with Gasteiger partial charge in [-0.2, -0.15) is 0 Å². The monoisotopic (exact) mass is 328 g/mol. The van der Waals surface area contributed by atoms with E-state index in [2.05, 4.69) is 48.5 Å². The van der Waals surface area contributed by atoms with Crippen molar-refractivity contribution in [3.8, 4) is 0 Å². The third-order valence-corrected chi connectivity index (χ3v) is 11.2. The zero-order valence-corrected chi connectivity index (χ0v) is 17.2. The molecule has 1 atom stereocenters. The summed E-state index contributed by atoms with van der Waals surface area (Å²) in [7, 11) is -1.92. The molecule has 0 unspecified atom stereocenters. The van der Waals surface area contributed by atoms with Gasteiger partial charge in [-0.1, -0.05) is 87.0 Å². The summed E-state index contributed by atoms with van der Waals surface area (Å²) in [5.74, 6) is 0. The third-order valence-electron chi connectivity index (χ3n) is 5.06. The van der Waals surface area contributed by atoms with Crippen LogP contribution >= 0.6 is 0 Å². The van der Waals surface area contributed by atoms with Gasteiger partial charge in [0.1, 0.15) is 12.4 Å². The largest absolute Gasteiger partial charge is 0.406 e. The van der Waals surface area contributed by atoms with Crippen LogP contribution in [-0.2, 0) is 9.22 Å². The molecule has 0 aromatic heterocycles. The van der Waals surface area contributed by atoms with Crippen LogP contribution in [0, 0.1) is 0 Å². The molecule has 0 N–H and O–H groups in total. The first-order valence-corrected chi connectivity index (χ1v) is 11.6. The first-order chi connectivity index (χ1) is 10.3. The summed E-state index contributed by atoms with van der Waals surface area (Å²) in [5.41, 5.74) is 1.62. The lowest BCUT2D eigenvalue weighted by atomic mass is 10.1. The molecule has 3 heteroatoms. The average Bonchev–Trinajstić information content (AvgIpc) is 2.44. The zero-order chi connectivity index (χ0) is 17.2. The normalized spacial score (nSPS) is 14.1. The van der Waals surface area contributed by atoms with Crippen molar-refractivity contribution in [3.05, 3.63) is 0 Å². The summed E-state index contributed by atoms with van der Waals surface area (Å²) >= 11 is 0. The SMILES string of the molecule is CCCCCCCC[C@@H](C=O)O[Si](C(C)C)(C(C)C)C(C)C. The summed E-state index contributed by atoms with van der Waals surface area (Å²) in [6.07, 6.45) is 9.34. The maximum atomic E-state index is 11.5. The van der Waals surface area contributed by atoms with Gasteiger partial charge in [-0.25, -0.2) is 0 Å². The van der Waals surface area contributed by atoms with Gasteiger partial charge in [-0.15, -0.1) is 0 Å². The first kappa shape index (κ1) is 21.8. The van der Waals surface area contributed by atoms with E-state index in [0.717, 1.165) is 19.1 Å². The van der Waals surface area contributed by atoms with Crippen LogP contribution in [0.15, 0.2) is 0 Å². The minimum Gasteiger partial charge on any atom is -0.406 e. The molecular weight excluding hydrogens is 288 g/mol. The maximum Gasteiger partial charge on any atom is 0.201 e. The van der Waals surface area contributed by atoms with E-state index in [1.54, 1.807) is 0 Å². The van der Waals surface area contributed by atoms with Gasteiger partial charge >= 0.3 is 0 Å². The number of unbranched alkanes of at least 4 members (excludes halogenated alkanes) is 5. The fourth-order valence-electron chi connectivity index (χ4n) is 3.95. The Labute approximate surface area is 140 Å². The van der Waals surface area contributed by atoms with Gasteiger partial charge in [0.05, 0.1) is 0 Å². The number of carbonyl (C=O) groups is 1. The van der Waals surface area contributed by atoms with Crippen LogP contribution in [0.3, 0.4) is 0 Å². The van der Waals surface area contributed by atoms with E-state index in [0.29, 0.717) is 16.6 Å². The second kappa shape index (κ2) is 11.4. The van der Waals surface area contributed by atoms with Crippen LogP contribution < -0.4 is 0 Å². The van der Waals surface area contributed by atoms with Gasteiger partial charge in [-0.05, 0) is 23.0 Å². The molecule has 0 amide bonds. The minimum atomic E-state index is -1.92. The van der Waals surface area contributed by atoms with Crippen LogP contribution in [0.5, 0.6) is 0 Å². The van der Waals surface area contributed by atoms with Crippen molar-refractivity contribution in [2.24, 2.45) is 0 Å². The molecule has 0 aromatic carbocycles. The van der Waals surface area contributed by atoms with Gasteiger partial charge in [0.2, 0.25) is 8.32 Å². The van der Waals surface area contributed by atoms with Crippen molar-refractivity contribution in [1.29, 1.82) is 0 Å². The maximum absolute atomic E-state index is 11.5. The highest BCUT2D eigenvalue weighted by atomic mass is 28.4. The fourth-order valence-corrected chi connectivity index (χ4v) is 9.47. The van der Waals surface area contributed by atoms with Crippen molar-refractivity contribution < 1.29 is 9.22 Å². The summed E-state index contributed by atoms with van der Waals surface area (Å²) in [5, 5.41) is 0. The van der Waals surface area contributed by atoms with E-state index in [9.17, 15) is 4.79 Å². The topological polar surface area (TPSA) is 26.3 Å². The lowest BCUT2D eigenvalue weighted by Gasteiger charge is -2.43. The van der Waals surface area contributed by atoms with Crippen molar-refractivity contribution in [1.82, 2.24) is 0 Å². The molecular formula is C19H40O2Si. The van der Waals surface area contributed by atoms with E-state index in [1.165, 1.54) is 32.1 Å². The predicted octanol–water partition coefficient (Wildman–Crippen LogP) is 6.50. The lowest BCUT2D eigenvalue weighted by Crippen LogP contribution is -2.50. The Bertz CT molecular complexity index is 265. The van der Waals surface area contributed by atoms with Crippen LogP contribution in [-0.4, -0.2) is 20.7 Å². The summed E-state index contributed by atoms with van der Waals surface area (Å²) in [6, 6.07) is 0. The van der Waals surface area contributed by atoms with Crippen molar-refractivity contribution in [3.63, 3.8) is 0 Å². The molecule has 0 aliphatic heterocycles. The number of hydrogen-bond donors (Lipinski definition) is 0. The van der Waals surface area contributed by atoms with E-state index in [1.807, 2.05) is 0 Å². The van der Waals surface area contributed by atoms with E-state index < -0.39 is 8.32 Å². The lowest BCUT2D eigenvalue weighted by molar-refractivity contribution is -0.114. The van der Waals surface area contributed by atoms with E-state index in [-0.39, 0.29) is 6.10 Å². The highest BCUT2D eigenvalue weighted by molar-refractivity contribution is 6.77. The quantitative estimate of drug-likeness (QED) is 0.219.